The van der Waals surface area contributed by atoms with E-state index in [0.29, 0.717) is 27.3 Å². The second-order valence-electron chi connectivity index (χ2n) is 5.00. The first kappa shape index (κ1) is 14.3. The summed E-state index contributed by atoms with van der Waals surface area (Å²) in [6.07, 6.45) is 0.693. The van der Waals surface area contributed by atoms with Crippen molar-refractivity contribution in [3.05, 3.63) is 41.9 Å². The molecule has 1 aliphatic rings. The van der Waals surface area contributed by atoms with Gasteiger partial charge in [0.25, 0.3) is 0 Å². The molecule has 0 aliphatic carbocycles. The molecule has 21 heavy (non-hydrogen) atoms. The van der Waals surface area contributed by atoms with E-state index >= 15 is 0 Å². The van der Waals surface area contributed by atoms with Crippen molar-refractivity contribution in [1.29, 1.82) is 0 Å². The van der Waals surface area contributed by atoms with Crippen LogP contribution in [-0.2, 0) is 0 Å². The summed E-state index contributed by atoms with van der Waals surface area (Å²) in [5.41, 5.74) is 2.05. The first-order valence-corrected chi connectivity index (χ1v) is 6.96. The zero-order valence-electron chi connectivity index (χ0n) is 11.1. The van der Waals surface area contributed by atoms with Crippen molar-refractivity contribution in [2.75, 3.05) is 13.2 Å². The van der Waals surface area contributed by atoms with Crippen LogP contribution in [0.15, 0.2) is 35.3 Å². The molecule has 6 heteroatoms. The van der Waals surface area contributed by atoms with Crippen molar-refractivity contribution < 1.29 is 14.6 Å². The number of aliphatic imine (C=N–C) groups is 1. The monoisotopic (exact) mass is 308 g/mol. The van der Waals surface area contributed by atoms with Gasteiger partial charge in [0.1, 0.15) is 11.0 Å². The van der Waals surface area contributed by atoms with Gasteiger partial charge in [-0.05, 0) is 29.8 Å². The number of nitrogens with zero attached hydrogens (tertiary/aromatic N) is 1. The summed E-state index contributed by atoms with van der Waals surface area (Å²) in [5, 5.41) is 19.9. The van der Waals surface area contributed by atoms with Crippen LogP contribution in [0.1, 0.15) is 5.69 Å². The van der Waals surface area contributed by atoms with Gasteiger partial charge in [-0.25, -0.2) is 4.39 Å². The highest BCUT2D eigenvalue weighted by Gasteiger charge is 2.27. The molecule has 110 valence electrons. The van der Waals surface area contributed by atoms with Crippen molar-refractivity contribution in [2.45, 2.75) is 6.10 Å². The molecule has 0 spiro atoms. The molecule has 2 atom stereocenters. The third-order valence-corrected chi connectivity index (χ3v) is 3.92. The van der Waals surface area contributed by atoms with Crippen LogP contribution in [0.2, 0.25) is 0 Å². The molecule has 2 aromatic rings. The number of aliphatic hydroxyl groups excluding tert-OH is 2. The summed E-state index contributed by atoms with van der Waals surface area (Å²) in [5.74, 6) is -0.695. The number of rotatable bonds is 3. The van der Waals surface area contributed by atoms with E-state index in [-0.39, 0.29) is 24.9 Å². The predicted octanol–water partition coefficient (Wildman–Crippen LogP) is 2.31. The van der Waals surface area contributed by atoms with E-state index in [4.69, 9.17) is 11.6 Å². The average molecular weight is 309 g/mol. The lowest BCUT2D eigenvalue weighted by Gasteiger charge is -2.25. The van der Waals surface area contributed by atoms with E-state index < -0.39 is 6.10 Å². The van der Waals surface area contributed by atoms with E-state index in [1.165, 1.54) is 6.07 Å². The standard InChI is InChI=1S/C15H14ClFN2O2/c16-15-5-8(10(6-18-15)14(21)7-20)13-4-9-11(17)2-1-3-12(9)19-13/h1-5,10,14,19-21H,6-7H2. The number of aromatic amines is 1. The lowest BCUT2D eigenvalue weighted by atomic mass is 9.89. The van der Waals surface area contributed by atoms with Crippen LogP contribution in [0.4, 0.5) is 4.39 Å². The van der Waals surface area contributed by atoms with Crippen LogP contribution in [-0.4, -0.2) is 39.6 Å². The number of hydrogen-bond acceptors (Lipinski definition) is 3. The second-order valence-corrected chi connectivity index (χ2v) is 5.39. The van der Waals surface area contributed by atoms with Gasteiger partial charge in [-0.15, -0.1) is 0 Å². The molecule has 0 fully saturated rings. The summed E-state index contributed by atoms with van der Waals surface area (Å²) in [6, 6.07) is 6.48. The molecule has 2 heterocycles. The highest BCUT2D eigenvalue weighted by atomic mass is 35.5. The number of aromatic nitrogens is 1. The molecule has 3 rings (SSSR count). The highest BCUT2D eigenvalue weighted by molar-refractivity contribution is 6.69. The molecule has 0 saturated heterocycles. The number of dihydropyridines is 1. The number of H-pyrrole nitrogens is 1. The Hall–Kier alpha value is -1.69. The van der Waals surface area contributed by atoms with Crippen LogP contribution in [0.5, 0.6) is 0 Å². The summed E-state index contributed by atoms with van der Waals surface area (Å²) < 4.78 is 13.8. The molecule has 0 bridgehead atoms. The van der Waals surface area contributed by atoms with Gasteiger partial charge in [0.2, 0.25) is 0 Å². The Morgan fingerprint density at radius 2 is 2.29 bits per heavy atom. The number of benzene rings is 1. The Kier molecular flexibility index (Phi) is 3.80. The molecule has 1 aliphatic heterocycles. The van der Waals surface area contributed by atoms with Crippen LogP contribution in [0, 0.1) is 11.7 Å². The lowest BCUT2D eigenvalue weighted by Crippen LogP contribution is -2.30. The van der Waals surface area contributed by atoms with Crippen LogP contribution in [0.3, 0.4) is 0 Å². The van der Waals surface area contributed by atoms with Crippen LogP contribution < -0.4 is 0 Å². The largest absolute Gasteiger partial charge is 0.394 e. The molecule has 1 aromatic heterocycles. The molecular formula is C15H14ClFN2O2. The summed E-state index contributed by atoms with van der Waals surface area (Å²) in [6.45, 7) is -0.0893. The normalized spacial score (nSPS) is 20.3. The van der Waals surface area contributed by atoms with Gasteiger partial charge >= 0.3 is 0 Å². The Balaban J connectivity index is 2.09. The smallest absolute Gasteiger partial charge is 0.132 e. The third kappa shape index (κ3) is 2.60. The van der Waals surface area contributed by atoms with Crippen molar-refractivity contribution in [3.8, 4) is 0 Å². The minimum atomic E-state index is -0.943. The number of halogens is 2. The maximum Gasteiger partial charge on any atom is 0.132 e. The maximum atomic E-state index is 13.8. The quantitative estimate of drug-likeness (QED) is 0.814. The van der Waals surface area contributed by atoms with E-state index in [2.05, 4.69) is 9.98 Å². The summed E-state index contributed by atoms with van der Waals surface area (Å²) in [4.78, 5) is 7.20. The summed E-state index contributed by atoms with van der Waals surface area (Å²) in [7, 11) is 0. The molecule has 0 saturated carbocycles. The molecular weight excluding hydrogens is 295 g/mol. The maximum absolute atomic E-state index is 13.8. The summed E-state index contributed by atoms with van der Waals surface area (Å²) >= 11 is 5.95. The number of hydrogen-bond donors (Lipinski definition) is 3. The fourth-order valence-corrected chi connectivity index (χ4v) is 2.76. The molecule has 4 nitrogen and oxygen atoms in total. The minimum Gasteiger partial charge on any atom is -0.394 e. The number of nitrogens with one attached hydrogen (secondary N) is 1. The fourth-order valence-electron chi connectivity index (χ4n) is 2.57. The van der Waals surface area contributed by atoms with E-state index in [1.54, 1.807) is 24.3 Å². The molecule has 2 unspecified atom stereocenters. The Bertz CT molecular complexity index is 738. The van der Waals surface area contributed by atoms with Crippen molar-refractivity contribution in [1.82, 2.24) is 4.98 Å². The van der Waals surface area contributed by atoms with Crippen molar-refractivity contribution in [2.24, 2.45) is 10.9 Å². The molecule has 0 radical (unpaired) electrons. The Morgan fingerprint density at radius 1 is 1.48 bits per heavy atom. The Morgan fingerprint density at radius 3 is 3.00 bits per heavy atom. The van der Waals surface area contributed by atoms with Crippen molar-refractivity contribution >= 4 is 33.2 Å². The molecule has 3 N–H and O–H groups in total. The minimum absolute atomic E-state index is 0.282. The van der Waals surface area contributed by atoms with Gasteiger partial charge in [-0.3, -0.25) is 4.99 Å². The van der Waals surface area contributed by atoms with Crippen molar-refractivity contribution in [3.63, 3.8) is 0 Å². The van der Waals surface area contributed by atoms with Gasteiger partial charge in [0, 0.05) is 22.5 Å². The van der Waals surface area contributed by atoms with Gasteiger partial charge in [-0.2, -0.15) is 0 Å². The van der Waals surface area contributed by atoms with E-state index in [0.717, 1.165) is 0 Å². The average Bonchev–Trinajstić information content (AvgIpc) is 2.92. The van der Waals surface area contributed by atoms with Gasteiger partial charge < -0.3 is 15.2 Å². The predicted molar refractivity (Wildman–Crippen MR) is 81.0 cm³/mol. The highest BCUT2D eigenvalue weighted by Crippen LogP contribution is 2.32. The van der Waals surface area contributed by atoms with E-state index in [9.17, 15) is 14.6 Å². The topological polar surface area (TPSA) is 68.6 Å². The zero-order chi connectivity index (χ0) is 15.0. The Labute approximate surface area is 125 Å². The van der Waals surface area contributed by atoms with Gasteiger partial charge in [0.15, 0.2) is 0 Å². The first-order valence-electron chi connectivity index (χ1n) is 6.58. The number of fused-ring (bicyclic) bond motifs is 1. The third-order valence-electron chi connectivity index (χ3n) is 3.69. The first-order chi connectivity index (χ1) is 10.1. The molecule has 0 amide bonds. The van der Waals surface area contributed by atoms with Crippen LogP contribution in [0.25, 0.3) is 16.5 Å². The second kappa shape index (κ2) is 5.60. The van der Waals surface area contributed by atoms with Crippen LogP contribution >= 0.6 is 11.6 Å². The number of allylic oxidation sites excluding steroid dienone is 1. The van der Waals surface area contributed by atoms with Gasteiger partial charge in [-0.1, -0.05) is 17.7 Å². The number of aliphatic hydroxyl groups is 2. The van der Waals surface area contributed by atoms with Gasteiger partial charge in [0.05, 0.1) is 19.3 Å². The zero-order valence-corrected chi connectivity index (χ0v) is 11.8. The SMILES string of the molecule is OCC(O)C1CN=C(Cl)C=C1c1cc2c(F)cccc2[nH]1. The fraction of sp³-hybridized carbons (Fsp3) is 0.267. The molecule has 1 aromatic carbocycles. The van der Waals surface area contributed by atoms with E-state index in [1.807, 2.05) is 0 Å². The lowest BCUT2D eigenvalue weighted by molar-refractivity contribution is 0.0683.